The number of hydrogen-bond acceptors (Lipinski definition) is 3. The molecule has 0 bridgehead atoms. The van der Waals surface area contributed by atoms with Crippen molar-refractivity contribution < 1.29 is 4.79 Å². The summed E-state index contributed by atoms with van der Waals surface area (Å²) in [6.45, 7) is 5.86. The van der Waals surface area contributed by atoms with Crippen LogP contribution in [-0.2, 0) is 4.79 Å². The van der Waals surface area contributed by atoms with E-state index in [9.17, 15) is 4.79 Å². The third kappa shape index (κ3) is 12.0. The van der Waals surface area contributed by atoms with E-state index in [1.54, 1.807) is 0 Å². The molecule has 0 aromatic rings. The molecule has 0 aromatic carbocycles. The average Bonchev–Trinajstić information content (AvgIpc) is 2.28. The highest BCUT2D eigenvalue weighted by molar-refractivity contribution is 7.98. The third-order valence-corrected chi connectivity index (χ3v) is 3.34. The fourth-order valence-corrected chi connectivity index (χ4v) is 2.22. The van der Waals surface area contributed by atoms with Crippen molar-refractivity contribution >= 4 is 17.7 Å². The first-order valence-electron chi connectivity index (χ1n) is 6.69. The molecule has 17 heavy (non-hydrogen) atoms. The summed E-state index contributed by atoms with van der Waals surface area (Å²) in [6.07, 6.45) is 7.64. The Kier molecular flexibility index (Phi) is 12.1. The zero-order chi connectivity index (χ0) is 12.9. The van der Waals surface area contributed by atoms with Gasteiger partial charge in [0.15, 0.2) is 0 Å². The van der Waals surface area contributed by atoms with Gasteiger partial charge in [-0.2, -0.15) is 11.8 Å². The molecule has 4 heteroatoms. The van der Waals surface area contributed by atoms with E-state index in [2.05, 4.69) is 23.8 Å². The molecular weight excluding hydrogens is 232 g/mol. The van der Waals surface area contributed by atoms with Crippen LogP contribution in [0, 0.1) is 0 Å². The van der Waals surface area contributed by atoms with Gasteiger partial charge in [-0.25, -0.2) is 0 Å². The number of hydrogen-bond donors (Lipinski definition) is 2. The van der Waals surface area contributed by atoms with Crippen LogP contribution in [0.5, 0.6) is 0 Å². The van der Waals surface area contributed by atoms with E-state index < -0.39 is 0 Å². The normalized spacial score (nSPS) is 12.4. The molecule has 1 amide bonds. The van der Waals surface area contributed by atoms with Gasteiger partial charge in [-0.15, -0.1) is 0 Å². The van der Waals surface area contributed by atoms with Crippen LogP contribution in [0.15, 0.2) is 0 Å². The maximum absolute atomic E-state index is 11.5. The smallest absolute Gasteiger partial charge is 0.221 e. The van der Waals surface area contributed by atoms with Gasteiger partial charge in [0, 0.05) is 19.0 Å². The Bertz CT molecular complexity index is 188. The first-order chi connectivity index (χ1) is 8.20. The number of nitrogens with one attached hydrogen (secondary N) is 2. The lowest BCUT2D eigenvalue weighted by Gasteiger charge is -2.11. The highest BCUT2D eigenvalue weighted by Gasteiger charge is 2.06. The van der Waals surface area contributed by atoms with E-state index >= 15 is 0 Å². The fraction of sp³-hybridized carbons (Fsp3) is 0.923. The third-order valence-electron chi connectivity index (χ3n) is 2.64. The average molecular weight is 260 g/mol. The number of amides is 1. The summed E-state index contributed by atoms with van der Waals surface area (Å²) in [6, 6.07) is 0.279. The molecule has 0 radical (unpaired) electrons. The lowest BCUT2D eigenvalue weighted by Crippen LogP contribution is -2.34. The zero-order valence-corrected chi connectivity index (χ0v) is 12.4. The van der Waals surface area contributed by atoms with Gasteiger partial charge in [-0.05, 0) is 38.3 Å². The number of rotatable bonds is 11. The second-order valence-corrected chi connectivity index (χ2v) is 5.41. The molecule has 102 valence electrons. The van der Waals surface area contributed by atoms with Crippen LogP contribution in [-0.4, -0.2) is 37.0 Å². The quantitative estimate of drug-likeness (QED) is 0.561. The molecule has 0 fully saturated rings. The molecule has 0 saturated carbocycles. The minimum absolute atomic E-state index is 0.169. The molecule has 0 aliphatic rings. The summed E-state index contributed by atoms with van der Waals surface area (Å²) in [5, 5.41) is 6.22. The van der Waals surface area contributed by atoms with Crippen molar-refractivity contribution in [1.29, 1.82) is 0 Å². The maximum atomic E-state index is 11.5. The Morgan fingerprint density at radius 2 is 1.94 bits per heavy atom. The molecular formula is C13H28N2OS. The zero-order valence-electron chi connectivity index (χ0n) is 11.6. The Balaban J connectivity index is 3.27. The second kappa shape index (κ2) is 12.2. The summed E-state index contributed by atoms with van der Waals surface area (Å²) in [7, 11) is 0. The second-order valence-electron chi connectivity index (χ2n) is 4.42. The summed E-state index contributed by atoms with van der Waals surface area (Å²) < 4.78 is 0. The van der Waals surface area contributed by atoms with E-state index in [1.807, 2.05) is 18.7 Å². The largest absolute Gasteiger partial charge is 0.356 e. The summed E-state index contributed by atoms with van der Waals surface area (Å²) in [5.74, 6) is 1.43. The topological polar surface area (TPSA) is 41.1 Å². The molecule has 0 aliphatic carbocycles. The maximum Gasteiger partial charge on any atom is 0.221 e. The van der Waals surface area contributed by atoms with Crippen LogP contribution in [0.1, 0.15) is 46.0 Å². The molecule has 1 unspecified atom stereocenters. The van der Waals surface area contributed by atoms with Crippen molar-refractivity contribution in [3.05, 3.63) is 0 Å². The van der Waals surface area contributed by atoms with Crippen LogP contribution >= 0.6 is 11.8 Å². The van der Waals surface area contributed by atoms with Gasteiger partial charge in [-0.1, -0.05) is 19.8 Å². The van der Waals surface area contributed by atoms with Gasteiger partial charge >= 0.3 is 0 Å². The predicted octanol–water partition coefficient (Wildman–Crippen LogP) is 2.41. The van der Waals surface area contributed by atoms with Crippen LogP contribution < -0.4 is 10.6 Å². The molecule has 1 atom stereocenters. The molecule has 0 aliphatic heterocycles. The van der Waals surface area contributed by atoms with Gasteiger partial charge in [0.2, 0.25) is 5.91 Å². The van der Waals surface area contributed by atoms with Gasteiger partial charge < -0.3 is 10.6 Å². The van der Waals surface area contributed by atoms with Gasteiger partial charge in [0.25, 0.3) is 0 Å². The van der Waals surface area contributed by atoms with Gasteiger partial charge in [-0.3, -0.25) is 4.79 Å². The van der Waals surface area contributed by atoms with E-state index in [-0.39, 0.29) is 11.9 Å². The van der Waals surface area contributed by atoms with Crippen molar-refractivity contribution in [2.45, 2.75) is 52.0 Å². The lowest BCUT2D eigenvalue weighted by molar-refractivity contribution is -0.121. The summed E-state index contributed by atoms with van der Waals surface area (Å²) in [4.78, 5) is 11.5. The first kappa shape index (κ1) is 16.8. The van der Waals surface area contributed by atoms with Crippen LogP contribution in [0.4, 0.5) is 0 Å². The highest BCUT2D eigenvalue weighted by Crippen LogP contribution is 2.03. The highest BCUT2D eigenvalue weighted by atomic mass is 32.2. The Morgan fingerprint density at radius 1 is 1.24 bits per heavy atom. The molecule has 0 rings (SSSR count). The standard InChI is InChI=1S/C13H28N2OS/c1-4-14-12(2)11-13(16)15-9-7-5-6-8-10-17-3/h12,14H,4-11H2,1-3H3,(H,15,16). The van der Waals surface area contributed by atoms with Crippen LogP contribution in [0.25, 0.3) is 0 Å². The van der Waals surface area contributed by atoms with Crippen molar-refractivity contribution in [3.8, 4) is 0 Å². The van der Waals surface area contributed by atoms with Gasteiger partial charge in [0.1, 0.15) is 0 Å². The van der Waals surface area contributed by atoms with E-state index in [1.165, 1.54) is 25.0 Å². The lowest BCUT2D eigenvalue weighted by atomic mass is 10.2. The van der Waals surface area contributed by atoms with Crippen molar-refractivity contribution in [1.82, 2.24) is 10.6 Å². The Hall–Kier alpha value is -0.220. The molecule has 0 spiro atoms. The van der Waals surface area contributed by atoms with Crippen LogP contribution in [0.3, 0.4) is 0 Å². The number of thioether (sulfide) groups is 1. The number of carbonyl (C=O) groups is 1. The Morgan fingerprint density at radius 3 is 2.59 bits per heavy atom. The molecule has 0 saturated heterocycles. The molecule has 3 nitrogen and oxygen atoms in total. The molecule has 0 heterocycles. The number of unbranched alkanes of at least 4 members (excludes halogenated alkanes) is 3. The van der Waals surface area contributed by atoms with Crippen molar-refractivity contribution in [2.75, 3.05) is 25.1 Å². The van der Waals surface area contributed by atoms with Crippen molar-refractivity contribution in [3.63, 3.8) is 0 Å². The van der Waals surface area contributed by atoms with Gasteiger partial charge in [0.05, 0.1) is 0 Å². The Labute approximate surface area is 111 Å². The molecule has 2 N–H and O–H groups in total. The monoisotopic (exact) mass is 260 g/mol. The summed E-state index contributed by atoms with van der Waals surface area (Å²) >= 11 is 1.91. The number of carbonyl (C=O) groups excluding carboxylic acids is 1. The predicted molar refractivity (Wildman–Crippen MR) is 77.6 cm³/mol. The van der Waals surface area contributed by atoms with E-state index in [0.29, 0.717) is 6.42 Å². The van der Waals surface area contributed by atoms with Crippen LogP contribution in [0.2, 0.25) is 0 Å². The van der Waals surface area contributed by atoms with E-state index in [4.69, 9.17) is 0 Å². The van der Waals surface area contributed by atoms with Crippen molar-refractivity contribution in [2.24, 2.45) is 0 Å². The molecule has 0 aromatic heterocycles. The minimum Gasteiger partial charge on any atom is -0.356 e. The summed E-state index contributed by atoms with van der Waals surface area (Å²) in [5.41, 5.74) is 0. The first-order valence-corrected chi connectivity index (χ1v) is 8.09. The fourth-order valence-electron chi connectivity index (χ4n) is 1.72. The SMILES string of the molecule is CCNC(C)CC(=O)NCCCCCCSC. The minimum atomic E-state index is 0.169. The van der Waals surface area contributed by atoms with E-state index in [0.717, 1.165) is 19.5 Å².